The van der Waals surface area contributed by atoms with Crippen molar-refractivity contribution in [1.82, 2.24) is 20.0 Å². The highest BCUT2D eigenvalue weighted by atomic mass is 16.7. The highest BCUT2D eigenvalue weighted by molar-refractivity contribution is 5.77. The van der Waals surface area contributed by atoms with Crippen LogP contribution in [0.1, 0.15) is 18.5 Å². The summed E-state index contributed by atoms with van der Waals surface area (Å²) in [5, 5.41) is 7.10. The van der Waals surface area contributed by atoms with Crippen LogP contribution in [0.15, 0.2) is 71.4 Å². The fourth-order valence-corrected chi connectivity index (χ4v) is 3.49. The van der Waals surface area contributed by atoms with Gasteiger partial charge in [-0.3, -0.25) is 4.79 Å². The zero-order valence-corrected chi connectivity index (χ0v) is 16.8. The van der Waals surface area contributed by atoms with Gasteiger partial charge in [0, 0.05) is 11.8 Å². The van der Waals surface area contributed by atoms with Crippen LogP contribution in [0.2, 0.25) is 0 Å². The average molecular weight is 416 g/mol. The van der Waals surface area contributed by atoms with E-state index in [0.29, 0.717) is 28.9 Å². The molecule has 1 amide bonds. The van der Waals surface area contributed by atoms with Gasteiger partial charge >= 0.3 is 0 Å². The van der Waals surface area contributed by atoms with Crippen molar-refractivity contribution in [2.75, 3.05) is 6.79 Å². The van der Waals surface area contributed by atoms with E-state index < -0.39 is 0 Å². The number of carbonyl (C=O) groups excluding carboxylic acids is 1. The van der Waals surface area contributed by atoms with Gasteiger partial charge < -0.3 is 23.9 Å². The molecule has 3 heterocycles. The second-order valence-electron chi connectivity index (χ2n) is 7.21. The molecule has 0 unspecified atom stereocenters. The Kier molecular flexibility index (Phi) is 4.87. The summed E-state index contributed by atoms with van der Waals surface area (Å²) < 4.78 is 18.0. The minimum Gasteiger partial charge on any atom is -0.454 e. The lowest BCUT2D eigenvalue weighted by Crippen LogP contribution is -2.30. The van der Waals surface area contributed by atoms with E-state index in [-0.39, 0.29) is 25.3 Å². The van der Waals surface area contributed by atoms with Gasteiger partial charge in [-0.2, -0.15) is 4.98 Å². The molecule has 0 spiro atoms. The third-order valence-electron chi connectivity index (χ3n) is 5.10. The molecule has 5 rings (SSSR count). The summed E-state index contributed by atoms with van der Waals surface area (Å²) >= 11 is 0. The second kappa shape index (κ2) is 7.98. The maximum atomic E-state index is 12.6. The van der Waals surface area contributed by atoms with Gasteiger partial charge in [0.2, 0.25) is 18.5 Å². The van der Waals surface area contributed by atoms with Crippen LogP contribution in [0.4, 0.5) is 0 Å². The maximum absolute atomic E-state index is 12.6. The van der Waals surface area contributed by atoms with Crippen LogP contribution < -0.4 is 14.8 Å². The van der Waals surface area contributed by atoms with Crippen LogP contribution in [0.25, 0.3) is 23.0 Å². The molecule has 0 bridgehead atoms. The molecule has 1 N–H and O–H groups in total. The Labute approximate surface area is 178 Å². The van der Waals surface area contributed by atoms with Crippen LogP contribution in [-0.4, -0.2) is 27.4 Å². The van der Waals surface area contributed by atoms with Gasteiger partial charge in [0.15, 0.2) is 11.5 Å². The van der Waals surface area contributed by atoms with Gasteiger partial charge in [-0.1, -0.05) is 35.5 Å². The first-order valence-electron chi connectivity index (χ1n) is 9.91. The first-order chi connectivity index (χ1) is 15.2. The fourth-order valence-electron chi connectivity index (χ4n) is 3.49. The zero-order chi connectivity index (χ0) is 21.2. The lowest BCUT2D eigenvalue weighted by atomic mass is 10.1. The number of nitrogens with one attached hydrogen (secondary N) is 1. The standard InChI is InChI=1S/C23H20N4O4/c1-15(16-6-3-2-4-7-16)24-21(28)13-27-11-5-8-18(27)23-25-22(26-31-23)17-9-10-19-20(12-17)30-14-29-19/h2-12,15H,13-14H2,1H3,(H,24,28)/t15-/m0/s1. The third-order valence-corrected chi connectivity index (χ3v) is 5.10. The van der Waals surface area contributed by atoms with Gasteiger partial charge in [-0.15, -0.1) is 0 Å². The van der Waals surface area contributed by atoms with Crippen LogP contribution in [0.5, 0.6) is 11.5 Å². The Bertz CT molecular complexity index is 1220. The summed E-state index contributed by atoms with van der Waals surface area (Å²) in [6.45, 7) is 2.30. The Morgan fingerprint density at radius 1 is 1.10 bits per heavy atom. The van der Waals surface area contributed by atoms with Gasteiger partial charge in [0.25, 0.3) is 5.89 Å². The smallest absolute Gasteiger partial charge is 0.274 e. The van der Waals surface area contributed by atoms with Crippen molar-refractivity contribution in [1.29, 1.82) is 0 Å². The number of nitrogens with zero attached hydrogens (tertiary/aromatic N) is 3. The quantitative estimate of drug-likeness (QED) is 0.514. The van der Waals surface area contributed by atoms with Gasteiger partial charge in [0.05, 0.1) is 6.04 Å². The van der Waals surface area contributed by atoms with Crippen LogP contribution in [0.3, 0.4) is 0 Å². The van der Waals surface area contributed by atoms with Crippen LogP contribution >= 0.6 is 0 Å². The molecule has 156 valence electrons. The third kappa shape index (κ3) is 3.87. The zero-order valence-electron chi connectivity index (χ0n) is 16.8. The van der Waals surface area contributed by atoms with Crippen molar-refractivity contribution in [2.45, 2.75) is 19.5 Å². The highest BCUT2D eigenvalue weighted by Crippen LogP contribution is 2.35. The molecule has 1 aliphatic heterocycles. The first kappa shape index (κ1) is 18.9. The first-order valence-corrected chi connectivity index (χ1v) is 9.91. The van der Waals surface area contributed by atoms with E-state index >= 15 is 0 Å². The minimum absolute atomic E-state index is 0.0891. The van der Waals surface area contributed by atoms with Crippen LogP contribution in [-0.2, 0) is 11.3 Å². The Morgan fingerprint density at radius 3 is 2.81 bits per heavy atom. The lowest BCUT2D eigenvalue weighted by Gasteiger charge is -2.15. The molecule has 0 fully saturated rings. The molecule has 31 heavy (non-hydrogen) atoms. The minimum atomic E-state index is -0.107. The summed E-state index contributed by atoms with van der Waals surface area (Å²) in [5.41, 5.74) is 2.47. The molecule has 2 aromatic heterocycles. The molecule has 1 aliphatic rings. The molecule has 0 saturated carbocycles. The lowest BCUT2D eigenvalue weighted by molar-refractivity contribution is -0.122. The molecule has 8 heteroatoms. The van der Waals surface area contributed by atoms with Crippen LogP contribution in [0, 0.1) is 0 Å². The van der Waals surface area contributed by atoms with Gasteiger partial charge in [0.1, 0.15) is 12.2 Å². The number of fused-ring (bicyclic) bond motifs is 1. The van der Waals surface area contributed by atoms with E-state index in [0.717, 1.165) is 11.1 Å². The van der Waals surface area contributed by atoms with E-state index in [1.807, 2.05) is 73.8 Å². The number of rotatable bonds is 6. The predicted molar refractivity (Wildman–Crippen MR) is 112 cm³/mol. The maximum Gasteiger partial charge on any atom is 0.274 e. The van der Waals surface area contributed by atoms with E-state index in [2.05, 4.69) is 15.5 Å². The summed E-state index contributed by atoms with van der Waals surface area (Å²) in [6, 6.07) is 18.9. The number of carbonyl (C=O) groups is 1. The van der Waals surface area contributed by atoms with Crippen molar-refractivity contribution in [3.05, 3.63) is 72.4 Å². The molecule has 4 aromatic rings. The number of benzene rings is 2. The van der Waals surface area contributed by atoms with E-state index in [4.69, 9.17) is 14.0 Å². The van der Waals surface area contributed by atoms with Gasteiger partial charge in [-0.25, -0.2) is 0 Å². The Balaban J connectivity index is 1.31. The SMILES string of the molecule is C[C@H](NC(=O)Cn1cccc1-c1nc(-c2ccc3c(c2)OCO3)no1)c1ccccc1. The number of ether oxygens (including phenoxy) is 2. The number of hydrogen-bond donors (Lipinski definition) is 1. The Hall–Kier alpha value is -4.07. The summed E-state index contributed by atoms with van der Waals surface area (Å²) in [5.74, 6) is 2.00. The monoisotopic (exact) mass is 416 g/mol. The molecular formula is C23H20N4O4. The highest BCUT2D eigenvalue weighted by Gasteiger charge is 2.19. The molecular weight excluding hydrogens is 396 g/mol. The fraction of sp³-hybridized carbons (Fsp3) is 0.174. The van der Waals surface area contributed by atoms with Crippen molar-refractivity contribution >= 4 is 5.91 Å². The topological polar surface area (TPSA) is 91.4 Å². The van der Waals surface area contributed by atoms with Crippen molar-refractivity contribution in [3.8, 4) is 34.5 Å². The van der Waals surface area contributed by atoms with Crippen molar-refractivity contribution in [2.24, 2.45) is 0 Å². The van der Waals surface area contributed by atoms with E-state index in [1.165, 1.54) is 0 Å². The number of aromatic nitrogens is 3. The van der Waals surface area contributed by atoms with Crippen molar-refractivity contribution in [3.63, 3.8) is 0 Å². The number of amides is 1. The average Bonchev–Trinajstić information content (AvgIpc) is 3.54. The molecule has 0 saturated heterocycles. The van der Waals surface area contributed by atoms with E-state index in [9.17, 15) is 4.79 Å². The molecule has 0 radical (unpaired) electrons. The molecule has 2 aromatic carbocycles. The second-order valence-corrected chi connectivity index (χ2v) is 7.21. The molecule has 1 atom stereocenters. The van der Waals surface area contributed by atoms with Gasteiger partial charge in [-0.05, 0) is 42.8 Å². The summed E-state index contributed by atoms with van der Waals surface area (Å²) in [7, 11) is 0. The summed E-state index contributed by atoms with van der Waals surface area (Å²) in [6.07, 6.45) is 1.81. The molecule has 8 nitrogen and oxygen atoms in total. The number of hydrogen-bond acceptors (Lipinski definition) is 6. The summed E-state index contributed by atoms with van der Waals surface area (Å²) in [4.78, 5) is 17.1. The normalized spacial score (nSPS) is 13.2. The largest absolute Gasteiger partial charge is 0.454 e. The Morgan fingerprint density at radius 2 is 1.94 bits per heavy atom. The van der Waals surface area contributed by atoms with Crippen molar-refractivity contribution < 1.29 is 18.8 Å². The molecule has 0 aliphatic carbocycles. The van der Waals surface area contributed by atoms with E-state index in [1.54, 1.807) is 4.57 Å². The predicted octanol–water partition coefficient (Wildman–Crippen LogP) is 3.81.